The van der Waals surface area contributed by atoms with E-state index in [1.807, 2.05) is 42.5 Å². The molecule has 1 aromatic heterocycles. The first kappa shape index (κ1) is 16.7. The van der Waals surface area contributed by atoms with Crippen LogP contribution in [-0.4, -0.2) is 27.6 Å². The Morgan fingerprint density at radius 1 is 1.12 bits per heavy atom. The largest absolute Gasteiger partial charge is 0.344 e. The second-order valence-corrected chi connectivity index (χ2v) is 5.97. The highest BCUT2D eigenvalue weighted by atomic mass is 16.2. The van der Waals surface area contributed by atoms with Crippen LogP contribution in [0.15, 0.2) is 54.7 Å². The van der Waals surface area contributed by atoms with E-state index in [9.17, 15) is 9.59 Å². The number of hydrogen-bond donors (Lipinski definition) is 2. The van der Waals surface area contributed by atoms with Gasteiger partial charge in [0, 0.05) is 19.3 Å². The third kappa shape index (κ3) is 4.03. The summed E-state index contributed by atoms with van der Waals surface area (Å²) in [4.78, 5) is 24.5. The summed E-state index contributed by atoms with van der Waals surface area (Å²) in [7, 11) is 1.77. The topological polar surface area (TPSA) is 76.0 Å². The van der Waals surface area contributed by atoms with E-state index in [-0.39, 0.29) is 18.2 Å². The lowest BCUT2D eigenvalue weighted by molar-refractivity contribution is -0.125. The predicted octanol–water partition coefficient (Wildman–Crippen LogP) is 2.26. The third-order valence-corrected chi connectivity index (χ3v) is 3.97. The van der Waals surface area contributed by atoms with Crippen molar-refractivity contribution in [1.82, 2.24) is 15.1 Å². The van der Waals surface area contributed by atoms with Gasteiger partial charge in [-0.15, -0.1) is 0 Å². The Hall–Kier alpha value is -3.15. The highest BCUT2D eigenvalue weighted by Crippen LogP contribution is 2.18. The minimum absolute atomic E-state index is 0.194. The Labute approximate surface area is 145 Å². The number of amides is 2. The first-order chi connectivity index (χ1) is 12.0. The molecule has 6 heteroatoms. The quantitative estimate of drug-likeness (QED) is 0.750. The molecule has 1 atom stereocenters. The Kier molecular flexibility index (Phi) is 4.79. The maximum absolute atomic E-state index is 12.3. The molecule has 0 aliphatic rings. The molecule has 6 nitrogen and oxygen atoms in total. The molecule has 2 N–H and O–H groups in total. The molecule has 128 valence electrons. The van der Waals surface area contributed by atoms with Crippen molar-refractivity contribution in [3.05, 3.63) is 60.3 Å². The van der Waals surface area contributed by atoms with E-state index in [2.05, 4.69) is 15.7 Å². The number of rotatable bonds is 5. The molecule has 0 radical (unpaired) electrons. The van der Waals surface area contributed by atoms with Crippen LogP contribution in [0.5, 0.6) is 0 Å². The smallest absolute Gasteiger partial charge is 0.247 e. The van der Waals surface area contributed by atoms with Gasteiger partial charge in [-0.25, -0.2) is 0 Å². The summed E-state index contributed by atoms with van der Waals surface area (Å²) in [6.45, 7) is 1.65. The number of fused-ring (bicyclic) bond motifs is 1. The Bertz CT molecular complexity index is 911. The average molecular weight is 336 g/mol. The highest BCUT2D eigenvalue weighted by Gasteiger charge is 2.17. The maximum atomic E-state index is 12.3. The van der Waals surface area contributed by atoms with Gasteiger partial charge in [-0.2, -0.15) is 5.10 Å². The van der Waals surface area contributed by atoms with Gasteiger partial charge in [-0.05, 0) is 23.3 Å². The fourth-order valence-electron chi connectivity index (χ4n) is 2.69. The number of carbonyl (C=O) groups is 2. The normalized spacial score (nSPS) is 11.9. The molecule has 1 unspecified atom stereocenters. The first-order valence-corrected chi connectivity index (χ1v) is 8.09. The minimum atomic E-state index is -0.649. The maximum Gasteiger partial charge on any atom is 0.247 e. The number of aryl methyl sites for hydroxylation is 1. The fraction of sp³-hybridized carbons (Fsp3) is 0.211. The summed E-state index contributed by atoms with van der Waals surface area (Å²) in [5.74, 6) is -0.0346. The van der Waals surface area contributed by atoms with Gasteiger partial charge in [-0.1, -0.05) is 42.5 Å². The summed E-state index contributed by atoms with van der Waals surface area (Å²) >= 11 is 0. The van der Waals surface area contributed by atoms with E-state index in [1.54, 1.807) is 30.9 Å². The van der Waals surface area contributed by atoms with E-state index in [4.69, 9.17) is 0 Å². The average Bonchev–Trinajstić information content (AvgIpc) is 3.00. The van der Waals surface area contributed by atoms with Gasteiger partial charge >= 0.3 is 0 Å². The van der Waals surface area contributed by atoms with E-state index < -0.39 is 6.04 Å². The lowest BCUT2D eigenvalue weighted by atomic mass is 10.0. The zero-order valence-corrected chi connectivity index (χ0v) is 14.2. The molecule has 0 spiro atoms. The molecule has 2 amide bonds. The van der Waals surface area contributed by atoms with Gasteiger partial charge in [-0.3, -0.25) is 14.3 Å². The third-order valence-electron chi connectivity index (χ3n) is 3.97. The van der Waals surface area contributed by atoms with Crippen LogP contribution >= 0.6 is 0 Å². The van der Waals surface area contributed by atoms with E-state index in [0.29, 0.717) is 5.82 Å². The number of nitrogens with one attached hydrogen (secondary N) is 2. The zero-order chi connectivity index (χ0) is 17.8. The number of aromatic nitrogens is 2. The van der Waals surface area contributed by atoms with Crippen LogP contribution in [0, 0.1) is 0 Å². The molecule has 3 rings (SSSR count). The zero-order valence-electron chi connectivity index (χ0n) is 14.2. The number of anilines is 1. The standard InChI is InChI=1S/C19H20N4O2/c1-13(19(25)21-17-10-11-23(2)22-17)20-18(24)12-15-8-5-7-14-6-3-4-9-16(14)15/h3-11,13H,12H2,1-2H3,(H,20,24)(H,21,22,25). The SMILES string of the molecule is CC(NC(=O)Cc1cccc2ccccc12)C(=O)Nc1ccn(C)n1. The van der Waals surface area contributed by atoms with Gasteiger partial charge in [0.15, 0.2) is 5.82 Å². The molecule has 3 aromatic rings. The number of carbonyl (C=O) groups excluding carboxylic acids is 2. The molecule has 1 heterocycles. The number of benzene rings is 2. The van der Waals surface area contributed by atoms with E-state index in [1.165, 1.54) is 0 Å². The summed E-state index contributed by atoms with van der Waals surface area (Å²) in [5.41, 5.74) is 0.938. The predicted molar refractivity (Wildman–Crippen MR) is 97.1 cm³/mol. The van der Waals surface area contributed by atoms with Crippen LogP contribution in [0.25, 0.3) is 10.8 Å². The van der Waals surface area contributed by atoms with Crippen molar-refractivity contribution >= 4 is 28.4 Å². The Morgan fingerprint density at radius 3 is 2.64 bits per heavy atom. The van der Waals surface area contributed by atoms with Gasteiger partial charge in [0.2, 0.25) is 11.8 Å². The van der Waals surface area contributed by atoms with Crippen LogP contribution in [0.1, 0.15) is 12.5 Å². The number of hydrogen-bond acceptors (Lipinski definition) is 3. The first-order valence-electron chi connectivity index (χ1n) is 8.09. The second kappa shape index (κ2) is 7.17. The minimum Gasteiger partial charge on any atom is -0.344 e. The molecular weight excluding hydrogens is 316 g/mol. The Balaban J connectivity index is 1.62. The van der Waals surface area contributed by atoms with Crippen LogP contribution in [0.3, 0.4) is 0 Å². The van der Waals surface area contributed by atoms with Crippen molar-refractivity contribution in [3.8, 4) is 0 Å². The molecule has 0 saturated carbocycles. The van der Waals surface area contributed by atoms with Crippen molar-refractivity contribution in [1.29, 1.82) is 0 Å². The van der Waals surface area contributed by atoms with E-state index >= 15 is 0 Å². The van der Waals surface area contributed by atoms with Crippen LogP contribution in [0.2, 0.25) is 0 Å². The molecule has 0 aliphatic heterocycles. The van der Waals surface area contributed by atoms with Gasteiger partial charge in [0.25, 0.3) is 0 Å². The van der Waals surface area contributed by atoms with Gasteiger partial charge < -0.3 is 10.6 Å². The van der Waals surface area contributed by atoms with E-state index in [0.717, 1.165) is 16.3 Å². The van der Waals surface area contributed by atoms with Crippen LogP contribution in [0.4, 0.5) is 5.82 Å². The summed E-state index contributed by atoms with van der Waals surface area (Å²) < 4.78 is 1.60. The lowest BCUT2D eigenvalue weighted by Crippen LogP contribution is -2.42. The molecule has 25 heavy (non-hydrogen) atoms. The van der Waals surface area contributed by atoms with Crippen LogP contribution < -0.4 is 10.6 Å². The van der Waals surface area contributed by atoms with Crippen molar-refractivity contribution in [3.63, 3.8) is 0 Å². The second-order valence-electron chi connectivity index (χ2n) is 5.97. The highest BCUT2D eigenvalue weighted by molar-refractivity contribution is 5.97. The van der Waals surface area contributed by atoms with Crippen molar-refractivity contribution in [2.75, 3.05) is 5.32 Å². The summed E-state index contributed by atoms with van der Waals surface area (Å²) in [6, 6.07) is 14.9. The summed E-state index contributed by atoms with van der Waals surface area (Å²) in [6.07, 6.45) is 1.96. The van der Waals surface area contributed by atoms with Crippen molar-refractivity contribution in [2.45, 2.75) is 19.4 Å². The summed E-state index contributed by atoms with van der Waals surface area (Å²) in [5, 5.41) is 11.6. The van der Waals surface area contributed by atoms with Crippen molar-refractivity contribution < 1.29 is 9.59 Å². The molecule has 0 aliphatic carbocycles. The van der Waals surface area contributed by atoms with Gasteiger partial charge in [0.1, 0.15) is 6.04 Å². The fourth-order valence-corrected chi connectivity index (χ4v) is 2.69. The number of nitrogens with zero attached hydrogens (tertiary/aromatic N) is 2. The molecule has 0 fully saturated rings. The lowest BCUT2D eigenvalue weighted by Gasteiger charge is -2.14. The molecular formula is C19H20N4O2. The monoisotopic (exact) mass is 336 g/mol. The Morgan fingerprint density at radius 2 is 1.88 bits per heavy atom. The van der Waals surface area contributed by atoms with Crippen LogP contribution in [-0.2, 0) is 23.1 Å². The molecule has 2 aromatic carbocycles. The van der Waals surface area contributed by atoms with Crippen molar-refractivity contribution in [2.24, 2.45) is 7.05 Å². The molecule has 0 bridgehead atoms. The van der Waals surface area contributed by atoms with Gasteiger partial charge in [0.05, 0.1) is 6.42 Å². The molecule has 0 saturated heterocycles.